The van der Waals surface area contributed by atoms with E-state index in [1.54, 1.807) is 0 Å². The highest BCUT2D eigenvalue weighted by molar-refractivity contribution is 6.16. The van der Waals surface area contributed by atoms with Crippen LogP contribution in [0.15, 0.2) is 114 Å². The van der Waals surface area contributed by atoms with Crippen molar-refractivity contribution in [2.45, 2.75) is 32.6 Å². The Hall–Kier alpha value is -3.64. The van der Waals surface area contributed by atoms with Crippen LogP contribution < -0.4 is 0 Å². The van der Waals surface area contributed by atoms with Gasteiger partial charge in [-0.3, -0.25) is 0 Å². The Kier molecular flexibility index (Phi) is 4.87. The minimum Gasteiger partial charge on any atom is -0.0839 e. The highest BCUT2D eigenvalue weighted by Gasteiger charge is 2.26. The third-order valence-electron chi connectivity index (χ3n) is 8.33. The van der Waals surface area contributed by atoms with Gasteiger partial charge in [0.2, 0.25) is 0 Å². The molecular formula is C35H30. The first-order chi connectivity index (χ1) is 17.3. The average Bonchev–Trinajstić information content (AvgIpc) is 2.91. The largest absolute Gasteiger partial charge is 0.0839 e. The van der Waals surface area contributed by atoms with Crippen LogP contribution in [0.3, 0.4) is 0 Å². The fraction of sp³-hybridized carbons (Fsp3) is 0.200. The maximum absolute atomic E-state index is 2.51. The Labute approximate surface area is 208 Å². The first-order valence-electron chi connectivity index (χ1n) is 13.0. The van der Waals surface area contributed by atoms with Crippen LogP contribution in [0.2, 0.25) is 0 Å². The summed E-state index contributed by atoms with van der Waals surface area (Å²) in [5, 5.41) is 5.58. The van der Waals surface area contributed by atoms with Gasteiger partial charge in [-0.1, -0.05) is 109 Å². The molecule has 0 saturated heterocycles. The summed E-state index contributed by atoms with van der Waals surface area (Å²) in [5.41, 5.74) is 10.1. The Morgan fingerprint density at radius 3 is 2.46 bits per heavy atom. The van der Waals surface area contributed by atoms with E-state index in [9.17, 15) is 0 Å². The van der Waals surface area contributed by atoms with Crippen molar-refractivity contribution in [1.29, 1.82) is 0 Å². The number of aryl methyl sites for hydroxylation is 1. The van der Waals surface area contributed by atoms with Crippen molar-refractivity contribution in [1.82, 2.24) is 0 Å². The van der Waals surface area contributed by atoms with Crippen molar-refractivity contribution in [3.05, 3.63) is 131 Å². The summed E-state index contributed by atoms with van der Waals surface area (Å²) >= 11 is 0. The molecule has 0 spiro atoms. The van der Waals surface area contributed by atoms with E-state index in [-0.39, 0.29) is 0 Å². The molecule has 2 unspecified atom stereocenters. The topological polar surface area (TPSA) is 0 Å². The Bertz CT molecular complexity index is 1590. The molecule has 0 aromatic heterocycles. The maximum Gasteiger partial charge on any atom is 0.00617 e. The van der Waals surface area contributed by atoms with Gasteiger partial charge in [0, 0.05) is 5.92 Å². The van der Waals surface area contributed by atoms with Gasteiger partial charge in [0.15, 0.2) is 0 Å². The Morgan fingerprint density at radius 2 is 1.57 bits per heavy atom. The summed E-state index contributed by atoms with van der Waals surface area (Å²) in [7, 11) is 0. The van der Waals surface area contributed by atoms with E-state index in [4.69, 9.17) is 0 Å². The third kappa shape index (κ3) is 3.43. The van der Waals surface area contributed by atoms with Crippen LogP contribution in [0.5, 0.6) is 0 Å². The van der Waals surface area contributed by atoms with Gasteiger partial charge in [-0.15, -0.1) is 0 Å². The normalized spacial score (nSPS) is 22.9. The predicted octanol–water partition coefficient (Wildman–Crippen LogP) is 9.44. The van der Waals surface area contributed by atoms with E-state index in [2.05, 4.69) is 110 Å². The zero-order chi connectivity index (χ0) is 23.4. The summed E-state index contributed by atoms with van der Waals surface area (Å²) in [6.07, 6.45) is 27.7. The lowest BCUT2D eigenvalue weighted by molar-refractivity contribution is 0.572. The van der Waals surface area contributed by atoms with Crippen LogP contribution in [0.4, 0.5) is 0 Å². The molecule has 35 heavy (non-hydrogen) atoms. The van der Waals surface area contributed by atoms with Gasteiger partial charge in [-0.25, -0.2) is 0 Å². The number of hydrogen-bond donors (Lipinski definition) is 0. The van der Waals surface area contributed by atoms with Crippen LogP contribution in [-0.4, -0.2) is 0 Å². The summed E-state index contributed by atoms with van der Waals surface area (Å²) in [6.45, 7) is 2.23. The summed E-state index contributed by atoms with van der Waals surface area (Å²) in [4.78, 5) is 0. The van der Waals surface area contributed by atoms with Gasteiger partial charge in [-0.2, -0.15) is 0 Å². The average molecular weight is 451 g/mol. The SMILES string of the molecule is Cc1ccc2c(C3=CC4=CC=CCC4CC3)c3ccccc3c(C3=CC=C4C=CC=CC4C3)c2c1. The van der Waals surface area contributed by atoms with Gasteiger partial charge >= 0.3 is 0 Å². The van der Waals surface area contributed by atoms with Crippen molar-refractivity contribution in [3.8, 4) is 0 Å². The van der Waals surface area contributed by atoms with Gasteiger partial charge in [0.05, 0.1) is 0 Å². The molecule has 0 bridgehead atoms. The van der Waals surface area contributed by atoms with Crippen LogP contribution in [0.25, 0.3) is 32.7 Å². The molecule has 0 saturated carbocycles. The van der Waals surface area contributed by atoms with Crippen LogP contribution in [0, 0.1) is 18.8 Å². The van der Waals surface area contributed by atoms with E-state index in [0.29, 0.717) is 11.8 Å². The molecule has 2 atom stereocenters. The third-order valence-corrected chi connectivity index (χ3v) is 8.33. The van der Waals surface area contributed by atoms with Crippen molar-refractivity contribution in [2.24, 2.45) is 11.8 Å². The second kappa shape index (κ2) is 8.24. The van der Waals surface area contributed by atoms with Crippen molar-refractivity contribution in [3.63, 3.8) is 0 Å². The number of benzene rings is 3. The lowest BCUT2D eigenvalue weighted by atomic mass is 9.75. The molecule has 4 aliphatic rings. The van der Waals surface area contributed by atoms with Gasteiger partial charge < -0.3 is 0 Å². The quantitative estimate of drug-likeness (QED) is 0.341. The highest BCUT2D eigenvalue weighted by atomic mass is 14.3. The van der Waals surface area contributed by atoms with Gasteiger partial charge in [0.1, 0.15) is 0 Å². The minimum absolute atomic E-state index is 0.475. The molecule has 0 heteroatoms. The van der Waals surface area contributed by atoms with Crippen molar-refractivity contribution < 1.29 is 0 Å². The molecule has 0 heterocycles. The smallest absolute Gasteiger partial charge is 0.00617 e. The maximum atomic E-state index is 2.51. The Balaban J connectivity index is 1.52. The fourth-order valence-electron chi connectivity index (χ4n) is 6.58. The monoisotopic (exact) mass is 450 g/mol. The number of hydrogen-bond acceptors (Lipinski definition) is 0. The van der Waals surface area contributed by atoms with E-state index in [0.717, 1.165) is 12.8 Å². The zero-order valence-electron chi connectivity index (χ0n) is 20.3. The van der Waals surface area contributed by atoms with E-state index < -0.39 is 0 Å². The van der Waals surface area contributed by atoms with Crippen LogP contribution in [0.1, 0.15) is 42.4 Å². The number of rotatable bonds is 2. The lowest BCUT2D eigenvalue weighted by Gasteiger charge is -2.29. The molecule has 0 radical (unpaired) electrons. The van der Waals surface area contributed by atoms with E-state index in [1.807, 2.05) is 0 Å². The molecular weight excluding hydrogens is 420 g/mol. The van der Waals surface area contributed by atoms with Gasteiger partial charge in [-0.05, 0) is 93.5 Å². The van der Waals surface area contributed by atoms with E-state index in [1.165, 1.54) is 73.4 Å². The molecule has 3 aromatic rings. The molecule has 0 aliphatic heterocycles. The highest BCUT2D eigenvalue weighted by Crippen LogP contribution is 2.46. The lowest BCUT2D eigenvalue weighted by Crippen LogP contribution is -2.11. The molecule has 0 amide bonds. The molecule has 170 valence electrons. The zero-order valence-corrected chi connectivity index (χ0v) is 20.3. The number of fused-ring (bicyclic) bond motifs is 4. The van der Waals surface area contributed by atoms with Crippen molar-refractivity contribution in [2.75, 3.05) is 0 Å². The molecule has 0 nitrogen and oxygen atoms in total. The molecule has 0 N–H and O–H groups in total. The first-order valence-corrected chi connectivity index (χ1v) is 13.0. The minimum atomic E-state index is 0.475. The predicted molar refractivity (Wildman–Crippen MR) is 151 cm³/mol. The standard InChI is InChI=1S/C35H30/c1-23-14-19-32-33(20-23)35(29-18-16-25-9-3-5-11-27(25)22-29)31-13-7-6-12-30(31)34(32)28-17-15-24-8-2-4-10-26(24)21-28/h2-7,9-14,16,18-21,24,27H,8,15,17,22H2,1H3. The molecule has 7 rings (SSSR count). The Morgan fingerprint density at radius 1 is 0.743 bits per heavy atom. The fourth-order valence-corrected chi connectivity index (χ4v) is 6.58. The summed E-state index contributed by atoms with van der Waals surface area (Å²) in [5.74, 6) is 1.16. The second-order valence-electron chi connectivity index (χ2n) is 10.5. The summed E-state index contributed by atoms with van der Waals surface area (Å²) < 4.78 is 0. The van der Waals surface area contributed by atoms with E-state index >= 15 is 0 Å². The van der Waals surface area contributed by atoms with Crippen LogP contribution in [-0.2, 0) is 0 Å². The van der Waals surface area contributed by atoms with Crippen LogP contribution >= 0.6 is 0 Å². The first kappa shape index (κ1) is 20.7. The van der Waals surface area contributed by atoms with Crippen molar-refractivity contribution >= 4 is 32.7 Å². The molecule has 0 fully saturated rings. The number of allylic oxidation sites excluding steroid dienone is 14. The molecule has 4 aliphatic carbocycles. The van der Waals surface area contributed by atoms with Gasteiger partial charge in [0.25, 0.3) is 0 Å². The summed E-state index contributed by atoms with van der Waals surface area (Å²) in [6, 6.07) is 16.2. The second-order valence-corrected chi connectivity index (χ2v) is 10.5. The molecule has 3 aromatic carbocycles.